The van der Waals surface area contributed by atoms with Crippen LogP contribution in [0.4, 0.5) is 0 Å². The van der Waals surface area contributed by atoms with Gasteiger partial charge in [-0.25, -0.2) is 16.8 Å². The van der Waals surface area contributed by atoms with E-state index in [9.17, 15) is 26.4 Å². The number of hydrogen-bond donors (Lipinski definition) is 1. The number of ether oxygens (including phenoxy) is 2. The molecule has 0 amide bonds. The number of sulfonamides is 1. The lowest BCUT2D eigenvalue weighted by Gasteiger charge is -2.34. The van der Waals surface area contributed by atoms with E-state index in [-0.39, 0.29) is 30.1 Å². The molecule has 4 aromatic carbocycles. The van der Waals surface area contributed by atoms with E-state index < -0.39 is 31.1 Å². The van der Waals surface area contributed by atoms with Crippen LogP contribution in [0.3, 0.4) is 0 Å². The molecule has 260 valence electrons. The topological polar surface area (TPSA) is 136 Å². The predicted octanol–water partition coefficient (Wildman–Crippen LogP) is 4.75. The number of carbonyl (C=O) groups is 2. The van der Waals surface area contributed by atoms with Crippen molar-refractivity contribution in [3.8, 4) is 0 Å². The van der Waals surface area contributed by atoms with Crippen molar-refractivity contribution < 1.29 is 35.9 Å². The van der Waals surface area contributed by atoms with Crippen molar-refractivity contribution in [1.82, 2.24) is 9.62 Å². The van der Waals surface area contributed by atoms with Crippen molar-refractivity contribution in [3.05, 3.63) is 143 Å². The second-order valence-corrected chi connectivity index (χ2v) is 16.1. The van der Waals surface area contributed by atoms with E-state index in [0.717, 1.165) is 24.1 Å². The molecular formula is C36H39ClN2O8S2. The zero-order chi connectivity index (χ0) is 35.4. The van der Waals surface area contributed by atoms with E-state index in [4.69, 9.17) is 20.2 Å². The highest BCUT2D eigenvalue weighted by atomic mass is 35.7. The lowest BCUT2D eigenvalue weighted by molar-refractivity contribution is -0.145. The molecule has 13 heteroatoms. The molecule has 2 atom stereocenters. The monoisotopic (exact) mass is 726 g/mol. The van der Waals surface area contributed by atoms with Crippen LogP contribution in [0.25, 0.3) is 0 Å². The summed E-state index contributed by atoms with van der Waals surface area (Å²) in [7, 11) is 0.688. The summed E-state index contributed by atoms with van der Waals surface area (Å²) in [6, 6.07) is 32.5. The Labute approximate surface area is 292 Å². The number of esters is 2. The highest BCUT2D eigenvalue weighted by Gasteiger charge is 2.39. The molecular weight excluding hydrogens is 688 g/mol. The van der Waals surface area contributed by atoms with Crippen LogP contribution in [0.15, 0.2) is 109 Å². The summed E-state index contributed by atoms with van der Waals surface area (Å²) in [5.41, 5.74) is 5.82. The van der Waals surface area contributed by atoms with Gasteiger partial charge in [0, 0.05) is 30.2 Å². The molecule has 4 aromatic rings. The van der Waals surface area contributed by atoms with Gasteiger partial charge in [-0.3, -0.25) is 9.59 Å². The summed E-state index contributed by atoms with van der Waals surface area (Å²) in [6.07, 6.45) is 1.06. The molecule has 0 fully saturated rings. The second-order valence-electron chi connectivity index (χ2n) is 11.4. The lowest BCUT2D eigenvalue weighted by atomic mass is 9.96. The number of nitrogens with zero attached hydrogens (tertiary/aromatic N) is 1. The smallest absolute Gasteiger partial charge is 0.324 e. The van der Waals surface area contributed by atoms with Gasteiger partial charge >= 0.3 is 11.9 Å². The fourth-order valence-corrected chi connectivity index (χ4v) is 8.16. The number of rotatable bonds is 7. The van der Waals surface area contributed by atoms with Gasteiger partial charge in [0.05, 0.1) is 25.7 Å². The Bertz CT molecular complexity index is 1920. The molecule has 0 spiro atoms. The van der Waals surface area contributed by atoms with Crippen LogP contribution < -0.4 is 5.32 Å². The first-order chi connectivity index (χ1) is 23.4. The van der Waals surface area contributed by atoms with Gasteiger partial charge in [0.25, 0.3) is 0 Å². The SMILES string of the molecule is COC(=O)C1Cc2ccccc2CN1.COC(=O)C1Cc2ccccc2CN1S(=O)(=O)Cc1ccccc1.O=S(=O)(Cl)Cc1ccccc1. The average molecular weight is 727 g/mol. The third kappa shape index (κ3) is 11.2. The molecule has 0 aromatic heterocycles. The number of halogens is 1. The van der Waals surface area contributed by atoms with Crippen LogP contribution >= 0.6 is 10.7 Å². The summed E-state index contributed by atoms with van der Waals surface area (Å²) in [5, 5.41) is 3.15. The molecule has 0 radical (unpaired) electrons. The summed E-state index contributed by atoms with van der Waals surface area (Å²) in [6.45, 7) is 0.932. The van der Waals surface area contributed by atoms with E-state index in [1.54, 1.807) is 48.5 Å². The Hall–Kier alpha value is -4.07. The molecule has 1 N–H and O–H groups in total. The van der Waals surface area contributed by atoms with Gasteiger partial charge in [-0.1, -0.05) is 109 Å². The maximum Gasteiger partial charge on any atom is 0.324 e. The molecule has 2 aliphatic heterocycles. The normalized spacial score (nSPS) is 17.0. The van der Waals surface area contributed by atoms with E-state index in [2.05, 4.69) is 17.4 Å². The van der Waals surface area contributed by atoms with Gasteiger partial charge in [0.2, 0.25) is 19.1 Å². The third-order valence-electron chi connectivity index (χ3n) is 7.98. The summed E-state index contributed by atoms with van der Waals surface area (Å²) in [4.78, 5) is 23.4. The highest BCUT2D eigenvalue weighted by molar-refractivity contribution is 8.13. The maximum absolute atomic E-state index is 12.9. The van der Waals surface area contributed by atoms with E-state index in [1.807, 2.05) is 48.5 Å². The number of nitrogens with one attached hydrogen (secondary N) is 1. The van der Waals surface area contributed by atoms with E-state index in [0.29, 0.717) is 17.5 Å². The summed E-state index contributed by atoms with van der Waals surface area (Å²) < 4.78 is 57.8. The zero-order valence-electron chi connectivity index (χ0n) is 27.2. The Balaban J connectivity index is 0.000000183. The third-order valence-corrected chi connectivity index (χ3v) is 10.8. The minimum absolute atomic E-state index is 0.102. The van der Waals surface area contributed by atoms with Crippen molar-refractivity contribution in [2.24, 2.45) is 0 Å². The first-order valence-electron chi connectivity index (χ1n) is 15.4. The predicted molar refractivity (Wildman–Crippen MR) is 188 cm³/mol. The summed E-state index contributed by atoms with van der Waals surface area (Å²) >= 11 is 0. The summed E-state index contributed by atoms with van der Waals surface area (Å²) in [5.74, 6) is -0.945. The maximum atomic E-state index is 12.9. The van der Waals surface area contributed by atoms with Gasteiger partial charge in [-0.05, 0) is 39.8 Å². The lowest BCUT2D eigenvalue weighted by Crippen LogP contribution is -2.49. The minimum atomic E-state index is -3.65. The van der Waals surface area contributed by atoms with Crippen LogP contribution in [0.2, 0.25) is 0 Å². The molecule has 0 bridgehead atoms. The second kappa shape index (κ2) is 17.5. The van der Waals surface area contributed by atoms with Crippen LogP contribution in [0, 0.1) is 0 Å². The molecule has 2 aliphatic rings. The molecule has 2 unspecified atom stereocenters. The van der Waals surface area contributed by atoms with Crippen molar-refractivity contribution in [2.45, 2.75) is 49.5 Å². The van der Waals surface area contributed by atoms with E-state index in [1.165, 1.54) is 29.7 Å². The van der Waals surface area contributed by atoms with Crippen LogP contribution in [-0.2, 0) is 75.6 Å². The largest absolute Gasteiger partial charge is 0.468 e. The molecule has 10 nitrogen and oxygen atoms in total. The van der Waals surface area contributed by atoms with Crippen molar-refractivity contribution in [1.29, 1.82) is 0 Å². The van der Waals surface area contributed by atoms with Crippen molar-refractivity contribution >= 4 is 41.7 Å². The number of hydrogen-bond acceptors (Lipinski definition) is 9. The standard InChI is InChI=1S/C18H19NO4S.C11H13NO2.C7H7ClO2S/c1-23-18(20)17-11-15-9-5-6-10-16(15)12-19(17)24(21,22)13-14-7-3-2-4-8-14;1-14-11(13)10-6-8-4-2-3-5-9(8)7-12-10;8-11(9,10)6-7-4-2-1-3-5-7/h2-10,17H,11-13H2,1H3;2-5,10,12H,6-7H2,1H3;1-5H,6H2. The quantitative estimate of drug-likeness (QED) is 0.212. The van der Waals surface area contributed by atoms with Crippen LogP contribution in [0.1, 0.15) is 33.4 Å². The number of fused-ring (bicyclic) bond motifs is 2. The van der Waals surface area contributed by atoms with Gasteiger partial charge in [0.1, 0.15) is 12.1 Å². The molecule has 2 heterocycles. The van der Waals surface area contributed by atoms with Gasteiger partial charge in [-0.15, -0.1) is 0 Å². The Morgan fingerprint density at radius 3 is 1.67 bits per heavy atom. The zero-order valence-corrected chi connectivity index (χ0v) is 29.6. The highest BCUT2D eigenvalue weighted by Crippen LogP contribution is 2.28. The van der Waals surface area contributed by atoms with Gasteiger partial charge in [0.15, 0.2) is 0 Å². The first-order valence-corrected chi connectivity index (χ1v) is 19.5. The van der Waals surface area contributed by atoms with Gasteiger partial charge in [-0.2, -0.15) is 4.31 Å². The number of methoxy groups -OCH3 is 2. The van der Waals surface area contributed by atoms with Crippen molar-refractivity contribution in [2.75, 3.05) is 14.2 Å². The molecule has 0 saturated heterocycles. The molecule has 0 aliphatic carbocycles. The van der Waals surface area contributed by atoms with Crippen LogP contribution in [-0.4, -0.2) is 59.4 Å². The average Bonchev–Trinajstić information content (AvgIpc) is 3.10. The minimum Gasteiger partial charge on any atom is -0.468 e. The van der Waals surface area contributed by atoms with E-state index >= 15 is 0 Å². The first kappa shape index (κ1) is 37.7. The molecule has 49 heavy (non-hydrogen) atoms. The van der Waals surface area contributed by atoms with Gasteiger partial charge < -0.3 is 14.8 Å². The van der Waals surface area contributed by atoms with Crippen LogP contribution in [0.5, 0.6) is 0 Å². The Morgan fingerprint density at radius 2 is 1.14 bits per heavy atom. The Morgan fingerprint density at radius 1 is 0.673 bits per heavy atom. The van der Waals surface area contributed by atoms with Crippen molar-refractivity contribution in [3.63, 3.8) is 0 Å². The number of carbonyl (C=O) groups excluding carboxylic acids is 2. The number of benzene rings is 4. The Kier molecular flexibility index (Phi) is 13.5. The fourth-order valence-electron chi connectivity index (χ4n) is 5.53. The molecule has 6 rings (SSSR count). The fraction of sp³-hybridized carbons (Fsp3) is 0.278. The molecule has 0 saturated carbocycles.